The number of anilines is 1. The molecule has 0 aliphatic heterocycles. The Hall–Kier alpha value is -1.33. The van der Waals surface area contributed by atoms with Gasteiger partial charge in [-0.2, -0.15) is 0 Å². The Labute approximate surface area is 122 Å². The molecule has 2 aromatic carbocycles. The molecule has 0 spiro atoms. The Balaban J connectivity index is 2.52. The molecule has 100 valence electrons. The van der Waals surface area contributed by atoms with Crippen molar-refractivity contribution in [2.75, 3.05) is 10.8 Å². The van der Waals surface area contributed by atoms with Crippen LogP contribution in [0.1, 0.15) is 6.92 Å². The predicted molar refractivity (Wildman–Crippen MR) is 80.8 cm³/mol. The van der Waals surface area contributed by atoms with Crippen LogP contribution in [0.15, 0.2) is 64.0 Å². The van der Waals surface area contributed by atoms with Crippen LogP contribution >= 0.6 is 15.9 Å². The largest absolute Gasteiger partial charge is 0.267 e. The van der Waals surface area contributed by atoms with E-state index < -0.39 is 10.0 Å². The van der Waals surface area contributed by atoms with E-state index in [1.54, 1.807) is 36.4 Å². The maximum atomic E-state index is 12.7. The summed E-state index contributed by atoms with van der Waals surface area (Å²) >= 11 is 3.30. The molecule has 0 N–H and O–H groups in total. The van der Waals surface area contributed by atoms with Gasteiger partial charge in [0.25, 0.3) is 10.0 Å². The molecule has 0 fully saturated rings. The van der Waals surface area contributed by atoms with E-state index in [4.69, 9.17) is 0 Å². The minimum atomic E-state index is -3.55. The first-order valence-electron chi connectivity index (χ1n) is 5.89. The minimum Gasteiger partial charge on any atom is -0.267 e. The van der Waals surface area contributed by atoms with Gasteiger partial charge in [0, 0.05) is 11.0 Å². The molecule has 0 bridgehead atoms. The summed E-state index contributed by atoms with van der Waals surface area (Å²) in [6, 6.07) is 15.9. The van der Waals surface area contributed by atoms with E-state index in [-0.39, 0.29) is 4.90 Å². The first kappa shape index (κ1) is 14.1. The molecule has 0 amide bonds. The number of halogens is 1. The summed E-state index contributed by atoms with van der Waals surface area (Å²) in [6.07, 6.45) is 0. The smallest absolute Gasteiger partial charge is 0.265 e. The number of hydrogen-bond acceptors (Lipinski definition) is 2. The summed E-state index contributed by atoms with van der Waals surface area (Å²) in [5.41, 5.74) is 0.667. The lowest BCUT2D eigenvalue weighted by Crippen LogP contribution is -2.30. The molecule has 0 unspecified atom stereocenters. The quantitative estimate of drug-likeness (QED) is 0.852. The highest BCUT2D eigenvalue weighted by Gasteiger charge is 2.25. The van der Waals surface area contributed by atoms with Crippen LogP contribution in [0, 0.1) is 0 Å². The van der Waals surface area contributed by atoms with Gasteiger partial charge in [-0.25, -0.2) is 8.42 Å². The Bertz CT molecular complexity index is 656. The lowest BCUT2D eigenvalue weighted by molar-refractivity contribution is 0.591. The number of sulfonamides is 1. The van der Waals surface area contributed by atoms with Gasteiger partial charge in [-0.05, 0) is 47.1 Å². The van der Waals surface area contributed by atoms with Crippen molar-refractivity contribution in [2.24, 2.45) is 0 Å². The third-order valence-electron chi connectivity index (χ3n) is 2.74. The SMILES string of the molecule is CCN(c1ccccc1)S(=O)(=O)c1ccccc1Br. The third kappa shape index (κ3) is 2.82. The highest BCUT2D eigenvalue weighted by molar-refractivity contribution is 9.10. The Morgan fingerprint density at radius 3 is 2.16 bits per heavy atom. The Kier molecular flexibility index (Phi) is 4.27. The van der Waals surface area contributed by atoms with E-state index in [0.29, 0.717) is 16.7 Å². The Morgan fingerprint density at radius 2 is 1.58 bits per heavy atom. The number of para-hydroxylation sites is 1. The second-order valence-electron chi connectivity index (χ2n) is 3.94. The van der Waals surface area contributed by atoms with Crippen LogP contribution in [0.25, 0.3) is 0 Å². The van der Waals surface area contributed by atoms with Gasteiger partial charge in [0.15, 0.2) is 0 Å². The van der Waals surface area contributed by atoms with Gasteiger partial charge >= 0.3 is 0 Å². The van der Waals surface area contributed by atoms with Crippen LogP contribution in [-0.2, 0) is 10.0 Å². The van der Waals surface area contributed by atoms with Gasteiger partial charge < -0.3 is 0 Å². The monoisotopic (exact) mass is 339 g/mol. The number of nitrogens with zero attached hydrogens (tertiary/aromatic N) is 1. The van der Waals surface area contributed by atoms with Crippen LogP contribution in [0.4, 0.5) is 5.69 Å². The molecule has 0 saturated heterocycles. The molecule has 2 rings (SSSR count). The van der Waals surface area contributed by atoms with E-state index in [2.05, 4.69) is 15.9 Å². The highest BCUT2D eigenvalue weighted by Crippen LogP contribution is 2.28. The second-order valence-corrected chi connectivity index (χ2v) is 6.62. The standard InChI is InChI=1S/C14H14BrNO2S/c1-2-16(12-8-4-3-5-9-12)19(17,18)14-11-7-6-10-13(14)15/h3-11H,2H2,1H3. The van der Waals surface area contributed by atoms with Crippen molar-refractivity contribution in [3.8, 4) is 0 Å². The molecule has 0 aliphatic carbocycles. The maximum Gasteiger partial charge on any atom is 0.265 e. The van der Waals surface area contributed by atoms with Crippen molar-refractivity contribution in [1.82, 2.24) is 0 Å². The lowest BCUT2D eigenvalue weighted by Gasteiger charge is -2.23. The van der Waals surface area contributed by atoms with Gasteiger partial charge in [-0.3, -0.25) is 4.31 Å². The van der Waals surface area contributed by atoms with Gasteiger partial charge in [0.1, 0.15) is 4.90 Å². The zero-order chi connectivity index (χ0) is 13.9. The molecular weight excluding hydrogens is 326 g/mol. The summed E-state index contributed by atoms with van der Waals surface area (Å²) < 4.78 is 27.3. The summed E-state index contributed by atoms with van der Waals surface area (Å²) in [5.74, 6) is 0. The molecule has 0 atom stereocenters. The topological polar surface area (TPSA) is 37.4 Å². The van der Waals surface area contributed by atoms with Gasteiger partial charge in [-0.1, -0.05) is 30.3 Å². The van der Waals surface area contributed by atoms with Gasteiger partial charge in [-0.15, -0.1) is 0 Å². The van der Waals surface area contributed by atoms with Crippen LogP contribution in [-0.4, -0.2) is 15.0 Å². The molecule has 3 nitrogen and oxygen atoms in total. The fraction of sp³-hybridized carbons (Fsp3) is 0.143. The molecular formula is C14H14BrNO2S. The average Bonchev–Trinajstić information content (AvgIpc) is 2.40. The fourth-order valence-corrected chi connectivity index (χ4v) is 4.30. The predicted octanol–water partition coefficient (Wildman–Crippen LogP) is 3.66. The summed E-state index contributed by atoms with van der Waals surface area (Å²) in [6.45, 7) is 2.20. The number of benzene rings is 2. The average molecular weight is 340 g/mol. The number of hydrogen-bond donors (Lipinski definition) is 0. The first-order chi connectivity index (χ1) is 9.07. The summed E-state index contributed by atoms with van der Waals surface area (Å²) in [5, 5.41) is 0. The normalized spacial score (nSPS) is 11.3. The van der Waals surface area contributed by atoms with Crippen molar-refractivity contribution in [3.05, 3.63) is 59.1 Å². The van der Waals surface area contributed by atoms with E-state index in [9.17, 15) is 8.42 Å². The summed E-state index contributed by atoms with van der Waals surface area (Å²) in [7, 11) is -3.55. The molecule has 0 radical (unpaired) electrons. The highest BCUT2D eigenvalue weighted by atomic mass is 79.9. The van der Waals surface area contributed by atoms with Crippen molar-refractivity contribution in [1.29, 1.82) is 0 Å². The van der Waals surface area contributed by atoms with Crippen LogP contribution < -0.4 is 4.31 Å². The minimum absolute atomic E-state index is 0.278. The maximum absolute atomic E-state index is 12.7. The van der Waals surface area contributed by atoms with E-state index in [0.717, 1.165) is 0 Å². The Morgan fingerprint density at radius 1 is 1.00 bits per heavy atom. The molecule has 0 saturated carbocycles. The van der Waals surface area contributed by atoms with Crippen molar-refractivity contribution in [3.63, 3.8) is 0 Å². The molecule has 0 aliphatic rings. The third-order valence-corrected chi connectivity index (χ3v) is 5.65. The van der Waals surface area contributed by atoms with Crippen molar-refractivity contribution >= 4 is 31.6 Å². The molecule has 5 heteroatoms. The first-order valence-corrected chi connectivity index (χ1v) is 8.13. The zero-order valence-electron chi connectivity index (χ0n) is 10.5. The number of rotatable bonds is 4. The van der Waals surface area contributed by atoms with E-state index >= 15 is 0 Å². The lowest BCUT2D eigenvalue weighted by atomic mass is 10.3. The van der Waals surface area contributed by atoms with E-state index in [1.165, 1.54) is 4.31 Å². The zero-order valence-corrected chi connectivity index (χ0v) is 12.9. The molecule has 0 aromatic heterocycles. The van der Waals surface area contributed by atoms with Gasteiger partial charge in [0.2, 0.25) is 0 Å². The molecule has 19 heavy (non-hydrogen) atoms. The van der Waals surface area contributed by atoms with Crippen LogP contribution in [0.2, 0.25) is 0 Å². The fourth-order valence-electron chi connectivity index (χ4n) is 1.86. The molecule has 2 aromatic rings. The van der Waals surface area contributed by atoms with Crippen molar-refractivity contribution in [2.45, 2.75) is 11.8 Å². The molecule has 0 heterocycles. The second kappa shape index (κ2) is 5.75. The van der Waals surface area contributed by atoms with Crippen LogP contribution in [0.5, 0.6) is 0 Å². The summed E-state index contributed by atoms with van der Waals surface area (Å²) in [4.78, 5) is 0.278. The van der Waals surface area contributed by atoms with Crippen LogP contribution in [0.3, 0.4) is 0 Å². The van der Waals surface area contributed by atoms with Gasteiger partial charge in [0.05, 0.1) is 5.69 Å². The van der Waals surface area contributed by atoms with E-state index in [1.807, 2.05) is 25.1 Å². The van der Waals surface area contributed by atoms with Crippen molar-refractivity contribution < 1.29 is 8.42 Å².